The van der Waals surface area contributed by atoms with Crippen molar-refractivity contribution in [3.8, 4) is 0 Å². The zero-order valence-electron chi connectivity index (χ0n) is 10.9. The molecule has 1 aromatic heterocycles. The smallest absolute Gasteiger partial charge is 0.118 e. The average molecular weight is 224 g/mol. The molecule has 1 rings (SSSR count). The maximum absolute atomic E-state index is 5.71. The molecule has 0 saturated heterocycles. The van der Waals surface area contributed by atoms with Crippen LogP contribution in [0.15, 0.2) is 16.5 Å². The molecule has 3 heteroatoms. The number of nitrogens with zero attached hydrogens (tertiary/aromatic N) is 1. The zero-order chi connectivity index (χ0) is 12.2. The van der Waals surface area contributed by atoms with Gasteiger partial charge in [0.25, 0.3) is 0 Å². The summed E-state index contributed by atoms with van der Waals surface area (Å²) >= 11 is 0. The Labute approximate surface area is 98.6 Å². The summed E-state index contributed by atoms with van der Waals surface area (Å²) in [6.07, 6.45) is 1.11. The average Bonchev–Trinajstić information content (AvgIpc) is 2.61. The summed E-state index contributed by atoms with van der Waals surface area (Å²) in [5.74, 6) is 2.01. The van der Waals surface area contributed by atoms with Crippen molar-refractivity contribution < 1.29 is 4.42 Å². The largest absolute Gasteiger partial charge is 0.465 e. The third-order valence-electron chi connectivity index (χ3n) is 2.94. The minimum atomic E-state index is 0.230. The van der Waals surface area contributed by atoms with Gasteiger partial charge >= 0.3 is 0 Å². The molecule has 0 radical (unpaired) electrons. The topological polar surface area (TPSA) is 42.4 Å². The van der Waals surface area contributed by atoms with Crippen LogP contribution in [0.1, 0.15) is 31.8 Å². The number of hydrogen-bond acceptors (Lipinski definition) is 3. The van der Waals surface area contributed by atoms with Gasteiger partial charge in [0.2, 0.25) is 0 Å². The Morgan fingerprint density at radius 3 is 2.56 bits per heavy atom. The lowest BCUT2D eigenvalue weighted by Gasteiger charge is -2.25. The van der Waals surface area contributed by atoms with Gasteiger partial charge in [0.1, 0.15) is 11.5 Å². The van der Waals surface area contributed by atoms with Gasteiger partial charge in [0.15, 0.2) is 0 Å². The molecule has 0 unspecified atom stereocenters. The fourth-order valence-corrected chi connectivity index (χ4v) is 1.51. The molecule has 2 N–H and O–H groups in total. The zero-order valence-corrected chi connectivity index (χ0v) is 10.9. The molecule has 0 spiro atoms. The van der Waals surface area contributed by atoms with Crippen LogP contribution in [0.4, 0.5) is 0 Å². The van der Waals surface area contributed by atoms with E-state index in [2.05, 4.69) is 25.8 Å². The summed E-state index contributed by atoms with van der Waals surface area (Å²) in [5.41, 5.74) is 5.94. The quantitative estimate of drug-likeness (QED) is 0.806. The van der Waals surface area contributed by atoms with Gasteiger partial charge in [-0.25, -0.2) is 0 Å². The number of rotatable bonds is 6. The van der Waals surface area contributed by atoms with E-state index in [-0.39, 0.29) is 5.41 Å². The first kappa shape index (κ1) is 13.3. The molecule has 0 aliphatic rings. The van der Waals surface area contributed by atoms with Crippen molar-refractivity contribution in [2.75, 3.05) is 20.1 Å². The molecule has 0 atom stereocenters. The molecular formula is C13H24N2O. The maximum Gasteiger partial charge on any atom is 0.118 e. The molecular weight excluding hydrogens is 200 g/mol. The second kappa shape index (κ2) is 5.51. The fraction of sp³-hybridized carbons (Fsp3) is 0.692. The predicted octanol–water partition coefficient (Wildman–Crippen LogP) is 2.39. The van der Waals surface area contributed by atoms with Crippen molar-refractivity contribution in [3.05, 3.63) is 23.7 Å². The fourth-order valence-electron chi connectivity index (χ4n) is 1.51. The van der Waals surface area contributed by atoms with Crippen LogP contribution >= 0.6 is 0 Å². The Kier molecular flexibility index (Phi) is 4.56. The summed E-state index contributed by atoms with van der Waals surface area (Å²) in [6, 6.07) is 4.05. The van der Waals surface area contributed by atoms with E-state index in [1.807, 2.05) is 19.1 Å². The second-order valence-corrected chi connectivity index (χ2v) is 5.37. The normalized spacial score (nSPS) is 12.4. The van der Waals surface area contributed by atoms with Crippen LogP contribution in [-0.4, -0.2) is 25.0 Å². The molecule has 1 heterocycles. The number of aryl methyl sites for hydroxylation is 1. The van der Waals surface area contributed by atoms with Gasteiger partial charge in [-0.3, -0.25) is 4.90 Å². The third kappa shape index (κ3) is 4.37. The van der Waals surface area contributed by atoms with Crippen LogP contribution in [0, 0.1) is 12.3 Å². The second-order valence-electron chi connectivity index (χ2n) is 5.37. The van der Waals surface area contributed by atoms with Crippen LogP contribution in [0.2, 0.25) is 0 Å². The lowest BCUT2D eigenvalue weighted by molar-refractivity contribution is 0.235. The van der Waals surface area contributed by atoms with E-state index >= 15 is 0 Å². The molecule has 0 aromatic carbocycles. The van der Waals surface area contributed by atoms with Gasteiger partial charge in [-0.05, 0) is 51.0 Å². The van der Waals surface area contributed by atoms with Crippen LogP contribution in [0.5, 0.6) is 0 Å². The highest BCUT2D eigenvalue weighted by Crippen LogP contribution is 2.19. The summed E-state index contributed by atoms with van der Waals surface area (Å²) in [5, 5.41) is 0. The maximum atomic E-state index is 5.71. The Bertz CT molecular complexity index is 317. The minimum absolute atomic E-state index is 0.230. The summed E-state index contributed by atoms with van der Waals surface area (Å²) in [6.45, 7) is 9.04. The molecule has 0 amide bonds. The number of hydrogen-bond donors (Lipinski definition) is 1. The Morgan fingerprint density at radius 1 is 1.38 bits per heavy atom. The minimum Gasteiger partial charge on any atom is -0.465 e. The SMILES string of the molecule is Cc1ccc(CN(C)CCC(C)(C)CN)o1. The van der Waals surface area contributed by atoms with Crippen molar-refractivity contribution in [3.63, 3.8) is 0 Å². The van der Waals surface area contributed by atoms with Gasteiger partial charge in [0.05, 0.1) is 6.54 Å². The first-order chi connectivity index (χ1) is 7.43. The van der Waals surface area contributed by atoms with Crippen LogP contribution in [0.3, 0.4) is 0 Å². The van der Waals surface area contributed by atoms with E-state index in [0.29, 0.717) is 0 Å². The number of furan rings is 1. The third-order valence-corrected chi connectivity index (χ3v) is 2.94. The lowest BCUT2D eigenvalue weighted by atomic mass is 9.89. The molecule has 0 aliphatic heterocycles. The first-order valence-electron chi connectivity index (χ1n) is 5.87. The van der Waals surface area contributed by atoms with Gasteiger partial charge < -0.3 is 10.2 Å². The van der Waals surface area contributed by atoms with Crippen LogP contribution in [-0.2, 0) is 6.54 Å². The van der Waals surface area contributed by atoms with Crippen molar-refractivity contribution >= 4 is 0 Å². The molecule has 0 fully saturated rings. The number of nitrogens with two attached hydrogens (primary N) is 1. The standard InChI is InChI=1S/C13H24N2O/c1-11-5-6-12(16-11)9-15(4)8-7-13(2,3)10-14/h5-6H,7-10,14H2,1-4H3. The molecule has 16 heavy (non-hydrogen) atoms. The molecule has 1 aromatic rings. The van der Waals surface area contributed by atoms with Crippen molar-refractivity contribution in [2.45, 2.75) is 33.7 Å². The van der Waals surface area contributed by atoms with E-state index in [0.717, 1.165) is 37.6 Å². The van der Waals surface area contributed by atoms with Crippen molar-refractivity contribution in [1.29, 1.82) is 0 Å². The van der Waals surface area contributed by atoms with Gasteiger partial charge in [-0.1, -0.05) is 13.8 Å². The van der Waals surface area contributed by atoms with Gasteiger partial charge in [-0.2, -0.15) is 0 Å². The monoisotopic (exact) mass is 224 g/mol. The highest BCUT2D eigenvalue weighted by Gasteiger charge is 2.16. The van der Waals surface area contributed by atoms with Gasteiger partial charge in [-0.15, -0.1) is 0 Å². The molecule has 3 nitrogen and oxygen atoms in total. The Hall–Kier alpha value is -0.800. The van der Waals surface area contributed by atoms with E-state index < -0.39 is 0 Å². The van der Waals surface area contributed by atoms with Gasteiger partial charge in [0, 0.05) is 0 Å². The molecule has 0 aliphatic carbocycles. The highest BCUT2D eigenvalue weighted by molar-refractivity contribution is 5.05. The Morgan fingerprint density at radius 2 is 2.06 bits per heavy atom. The van der Waals surface area contributed by atoms with E-state index in [9.17, 15) is 0 Å². The Balaban J connectivity index is 2.34. The molecule has 0 bridgehead atoms. The van der Waals surface area contributed by atoms with Crippen LogP contribution in [0.25, 0.3) is 0 Å². The van der Waals surface area contributed by atoms with E-state index in [1.165, 1.54) is 0 Å². The molecule has 0 saturated carbocycles. The van der Waals surface area contributed by atoms with Crippen molar-refractivity contribution in [2.24, 2.45) is 11.1 Å². The first-order valence-corrected chi connectivity index (χ1v) is 5.87. The summed E-state index contributed by atoms with van der Waals surface area (Å²) in [7, 11) is 2.12. The van der Waals surface area contributed by atoms with E-state index in [4.69, 9.17) is 10.2 Å². The van der Waals surface area contributed by atoms with Crippen LogP contribution < -0.4 is 5.73 Å². The lowest BCUT2D eigenvalue weighted by Crippen LogP contribution is -2.29. The van der Waals surface area contributed by atoms with E-state index in [1.54, 1.807) is 0 Å². The summed E-state index contributed by atoms with van der Waals surface area (Å²) < 4.78 is 5.55. The summed E-state index contributed by atoms with van der Waals surface area (Å²) in [4.78, 5) is 2.27. The molecule has 92 valence electrons. The highest BCUT2D eigenvalue weighted by atomic mass is 16.3. The van der Waals surface area contributed by atoms with Crippen molar-refractivity contribution in [1.82, 2.24) is 4.90 Å². The predicted molar refractivity (Wildman–Crippen MR) is 67.2 cm³/mol.